The van der Waals surface area contributed by atoms with Gasteiger partial charge in [-0.3, -0.25) is 0 Å². The van der Waals surface area contributed by atoms with Gasteiger partial charge in [-0.1, -0.05) is 12.7 Å². The Hall–Kier alpha value is 0.0249. The van der Waals surface area contributed by atoms with Gasteiger partial charge in [0.05, 0.1) is 0 Å². The van der Waals surface area contributed by atoms with Crippen molar-refractivity contribution in [2.75, 3.05) is 6.54 Å². The van der Waals surface area contributed by atoms with Crippen LogP contribution in [-0.4, -0.2) is 14.0 Å². The summed E-state index contributed by atoms with van der Waals surface area (Å²) >= 11 is 0. The fourth-order valence-electron chi connectivity index (χ4n) is 0.679. The molecule has 0 amide bonds. The summed E-state index contributed by atoms with van der Waals surface area (Å²) in [6.45, 7) is 3.40. The van der Waals surface area contributed by atoms with Crippen molar-refractivity contribution in [3.8, 4) is 0 Å². The van der Waals surface area contributed by atoms with E-state index in [1.165, 1.54) is 13.0 Å². The van der Waals surface area contributed by atoms with E-state index in [-0.39, 0.29) is 0 Å². The lowest BCUT2D eigenvalue weighted by molar-refractivity contribution is 0.839. The molecular weight excluding hydrogens is 72.9 g/mol. The Labute approximate surface area is 39.4 Å². The van der Waals surface area contributed by atoms with Crippen LogP contribution < -0.4 is 5.23 Å². The zero-order valence-electron chi connectivity index (χ0n) is 4.07. The Balaban J connectivity index is 2.18. The lowest BCUT2D eigenvalue weighted by Crippen LogP contribution is -2.09. The Morgan fingerprint density at radius 2 is 2.67 bits per heavy atom. The van der Waals surface area contributed by atoms with Gasteiger partial charge in [0.1, 0.15) is 0 Å². The molecule has 0 aliphatic carbocycles. The summed E-state index contributed by atoms with van der Waals surface area (Å²) in [5.74, 6) is 0.810. The molecule has 6 heavy (non-hydrogen) atoms. The van der Waals surface area contributed by atoms with E-state index in [2.05, 4.69) is 19.6 Å². The quantitative estimate of drug-likeness (QED) is 0.417. The minimum atomic E-state index is 0.810. The van der Waals surface area contributed by atoms with Crippen molar-refractivity contribution < 1.29 is 0 Å². The molecule has 1 fully saturated rings. The largest absolute Gasteiger partial charge is 0.360 e. The van der Waals surface area contributed by atoms with Gasteiger partial charge in [0.2, 0.25) is 7.41 Å². The zero-order valence-corrected chi connectivity index (χ0v) is 4.07. The van der Waals surface area contributed by atoms with Crippen molar-refractivity contribution in [3.05, 3.63) is 0 Å². The third kappa shape index (κ3) is 0.746. The summed E-state index contributed by atoms with van der Waals surface area (Å²) in [6, 6.07) is 0. The molecule has 1 rings (SSSR count). The number of rotatable bonds is 0. The summed E-state index contributed by atoms with van der Waals surface area (Å²) in [5, 5.41) is 3.15. The second-order valence-electron chi connectivity index (χ2n) is 1.89. The molecule has 1 aliphatic heterocycles. The average molecular weight is 81.9 g/mol. The van der Waals surface area contributed by atoms with E-state index in [0.29, 0.717) is 0 Å². The second kappa shape index (κ2) is 1.65. The standard InChI is InChI=1S/C4H9BN/c1-4-2-3-6-5-4/h4,6H,2-3H2,1H3. The lowest BCUT2D eigenvalue weighted by atomic mass is 9.80. The minimum absolute atomic E-state index is 0.810. The Morgan fingerprint density at radius 3 is 2.83 bits per heavy atom. The molecule has 1 atom stereocenters. The number of hydrogen-bond acceptors (Lipinski definition) is 1. The first-order valence-electron chi connectivity index (χ1n) is 2.46. The maximum absolute atomic E-state index is 3.15. The number of nitrogens with one attached hydrogen (secondary N) is 1. The first-order chi connectivity index (χ1) is 2.89. The minimum Gasteiger partial charge on any atom is -0.360 e. The highest BCUT2D eigenvalue weighted by atomic mass is 14.8. The zero-order chi connectivity index (χ0) is 4.41. The van der Waals surface area contributed by atoms with Crippen molar-refractivity contribution in [1.29, 1.82) is 0 Å². The molecule has 1 heterocycles. The highest BCUT2D eigenvalue weighted by Crippen LogP contribution is 2.08. The van der Waals surface area contributed by atoms with E-state index in [1.807, 2.05) is 0 Å². The third-order valence-electron chi connectivity index (χ3n) is 1.15. The highest BCUT2D eigenvalue weighted by Gasteiger charge is 2.08. The first kappa shape index (κ1) is 4.19. The average Bonchev–Trinajstić information content (AvgIpc) is 1.86. The summed E-state index contributed by atoms with van der Waals surface area (Å²) in [6.07, 6.45) is 1.32. The van der Waals surface area contributed by atoms with Gasteiger partial charge >= 0.3 is 0 Å². The molecule has 1 radical (unpaired) electrons. The summed E-state index contributed by atoms with van der Waals surface area (Å²) < 4.78 is 0. The van der Waals surface area contributed by atoms with Gasteiger partial charge in [0, 0.05) is 0 Å². The predicted octanol–water partition coefficient (Wildman–Crippen LogP) is 0.407. The van der Waals surface area contributed by atoms with Crippen LogP contribution in [0.2, 0.25) is 5.82 Å². The van der Waals surface area contributed by atoms with Gasteiger partial charge in [0.15, 0.2) is 0 Å². The van der Waals surface area contributed by atoms with E-state index in [0.717, 1.165) is 5.82 Å². The molecule has 0 bridgehead atoms. The predicted molar refractivity (Wildman–Crippen MR) is 27.8 cm³/mol. The summed E-state index contributed by atoms with van der Waals surface area (Å²) in [4.78, 5) is 0. The molecule has 1 nitrogen and oxygen atoms in total. The molecule has 1 saturated heterocycles. The normalized spacial score (nSPS) is 33.2. The van der Waals surface area contributed by atoms with Crippen LogP contribution in [0.4, 0.5) is 0 Å². The van der Waals surface area contributed by atoms with Crippen LogP contribution in [-0.2, 0) is 0 Å². The van der Waals surface area contributed by atoms with Gasteiger partial charge in [-0.05, 0) is 13.0 Å². The third-order valence-corrected chi connectivity index (χ3v) is 1.15. The van der Waals surface area contributed by atoms with Crippen LogP contribution in [0.15, 0.2) is 0 Å². The van der Waals surface area contributed by atoms with Crippen LogP contribution in [0, 0.1) is 0 Å². The fourth-order valence-corrected chi connectivity index (χ4v) is 0.679. The van der Waals surface area contributed by atoms with Crippen LogP contribution in [0.3, 0.4) is 0 Å². The monoisotopic (exact) mass is 82.1 g/mol. The maximum atomic E-state index is 3.15. The van der Waals surface area contributed by atoms with Crippen LogP contribution in [0.25, 0.3) is 0 Å². The topological polar surface area (TPSA) is 12.0 Å². The van der Waals surface area contributed by atoms with Crippen LogP contribution in [0.5, 0.6) is 0 Å². The van der Waals surface area contributed by atoms with Crippen LogP contribution in [0.1, 0.15) is 13.3 Å². The molecule has 1 unspecified atom stereocenters. The molecule has 2 heteroatoms. The molecule has 0 aromatic heterocycles. The van der Waals surface area contributed by atoms with Crippen molar-refractivity contribution >= 4 is 7.41 Å². The molecule has 0 aromatic rings. The van der Waals surface area contributed by atoms with Crippen molar-refractivity contribution in [1.82, 2.24) is 5.23 Å². The molecule has 0 spiro atoms. The van der Waals surface area contributed by atoms with Gasteiger partial charge in [-0.15, -0.1) is 0 Å². The van der Waals surface area contributed by atoms with Gasteiger partial charge < -0.3 is 5.23 Å². The molecular formula is C4H9BN. The van der Waals surface area contributed by atoms with E-state index < -0.39 is 0 Å². The van der Waals surface area contributed by atoms with Crippen LogP contribution >= 0.6 is 0 Å². The fraction of sp³-hybridized carbons (Fsp3) is 1.00. The molecule has 0 saturated carbocycles. The van der Waals surface area contributed by atoms with Gasteiger partial charge in [-0.25, -0.2) is 0 Å². The van der Waals surface area contributed by atoms with E-state index >= 15 is 0 Å². The Kier molecular flexibility index (Phi) is 1.15. The lowest BCUT2D eigenvalue weighted by Gasteiger charge is -1.87. The molecule has 1 aliphatic rings. The van der Waals surface area contributed by atoms with Crippen molar-refractivity contribution in [2.45, 2.75) is 19.2 Å². The van der Waals surface area contributed by atoms with E-state index in [4.69, 9.17) is 0 Å². The van der Waals surface area contributed by atoms with Gasteiger partial charge in [0.25, 0.3) is 0 Å². The molecule has 1 N–H and O–H groups in total. The second-order valence-corrected chi connectivity index (χ2v) is 1.89. The first-order valence-corrected chi connectivity index (χ1v) is 2.46. The smallest absolute Gasteiger partial charge is 0.208 e. The summed E-state index contributed by atoms with van der Waals surface area (Å²) in [5.41, 5.74) is 0. The Bertz CT molecular complexity index is 40.8. The Morgan fingerprint density at radius 1 is 1.83 bits per heavy atom. The maximum Gasteiger partial charge on any atom is 0.208 e. The SMILES string of the molecule is CC1[B]NCC1. The summed E-state index contributed by atoms with van der Waals surface area (Å²) in [7, 11) is 2.15. The van der Waals surface area contributed by atoms with E-state index in [9.17, 15) is 0 Å². The van der Waals surface area contributed by atoms with E-state index in [1.54, 1.807) is 0 Å². The van der Waals surface area contributed by atoms with Gasteiger partial charge in [-0.2, -0.15) is 0 Å². The highest BCUT2D eigenvalue weighted by molar-refractivity contribution is 6.35. The molecule has 0 aromatic carbocycles. The van der Waals surface area contributed by atoms with Crippen molar-refractivity contribution in [3.63, 3.8) is 0 Å². The molecule has 33 valence electrons. The van der Waals surface area contributed by atoms with Crippen molar-refractivity contribution in [2.24, 2.45) is 0 Å². The number of hydrogen-bond donors (Lipinski definition) is 1.